The van der Waals surface area contributed by atoms with Crippen LogP contribution in [-0.4, -0.2) is 61.9 Å². The summed E-state index contributed by atoms with van der Waals surface area (Å²) in [5, 5.41) is 8.96. The molecule has 6 nitrogen and oxygen atoms in total. The molecule has 0 fully saturated rings. The Morgan fingerprint density at radius 3 is 2.30 bits per heavy atom. The van der Waals surface area contributed by atoms with Crippen molar-refractivity contribution in [3.63, 3.8) is 0 Å². The molecule has 1 N–H and O–H groups in total. The second kappa shape index (κ2) is 8.53. The molecule has 6 heteroatoms. The lowest BCUT2D eigenvalue weighted by Gasteiger charge is -2.29. The van der Waals surface area contributed by atoms with Gasteiger partial charge in [-0.3, -0.25) is 9.59 Å². The fourth-order valence-corrected chi connectivity index (χ4v) is 2.04. The van der Waals surface area contributed by atoms with E-state index in [1.54, 1.807) is 6.92 Å². The number of benzene rings is 1. The van der Waals surface area contributed by atoms with Crippen LogP contribution in [0, 0.1) is 5.92 Å². The average Bonchev–Trinajstić information content (AvgIpc) is 2.43. The number of carbonyl (C=O) groups excluding carboxylic acids is 1. The van der Waals surface area contributed by atoms with Crippen LogP contribution in [0.3, 0.4) is 0 Å². The lowest BCUT2D eigenvalue weighted by molar-refractivity contribution is -0.873. The normalized spacial score (nSPS) is 13.9. The maximum atomic E-state index is 12.1. The summed E-state index contributed by atoms with van der Waals surface area (Å²) >= 11 is 0. The highest BCUT2D eigenvalue weighted by atomic mass is 16.5. The monoisotopic (exact) mass is 324 g/mol. The number of carboxylic acids is 1. The van der Waals surface area contributed by atoms with Gasteiger partial charge in [0.15, 0.2) is 6.10 Å². The van der Waals surface area contributed by atoms with Crippen LogP contribution in [0.1, 0.15) is 13.3 Å². The maximum Gasteiger partial charge on any atom is 0.312 e. The van der Waals surface area contributed by atoms with Crippen LogP contribution in [0.25, 0.3) is 0 Å². The molecule has 23 heavy (non-hydrogen) atoms. The predicted molar refractivity (Wildman–Crippen MR) is 86.1 cm³/mol. The topological polar surface area (TPSA) is 72.8 Å². The highest BCUT2D eigenvalue weighted by Crippen LogP contribution is 2.13. The molecular weight excluding hydrogens is 298 g/mol. The van der Waals surface area contributed by atoms with Crippen LogP contribution in [0.5, 0.6) is 5.75 Å². The van der Waals surface area contributed by atoms with Crippen molar-refractivity contribution in [1.82, 2.24) is 0 Å². The zero-order valence-electron chi connectivity index (χ0n) is 14.2. The van der Waals surface area contributed by atoms with E-state index in [2.05, 4.69) is 0 Å². The lowest BCUT2D eigenvalue weighted by Crippen LogP contribution is -2.44. The van der Waals surface area contributed by atoms with Crippen molar-refractivity contribution in [1.29, 1.82) is 0 Å². The Morgan fingerprint density at radius 1 is 1.17 bits per heavy atom. The summed E-state index contributed by atoms with van der Waals surface area (Å²) in [7, 11) is 5.76. The number of hydrogen-bond donors (Lipinski definition) is 1. The van der Waals surface area contributed by atoms with Crippen molar-refractivity contribution in [2.75, 3.05) is 34.3 Å². The Hall–Kier alpha value is -2.08. The first-order valence-electron chi connectivity index (χ1n) is 7.58. The number of esters is 1. The van der Waals surface area contributed by atoms with Gasteiger partial charge in [-0.15, -0.1) is 0 Å². The number of rotatable bonds is 9. The first-order chi connectivity index (χ1) is 10.7. The number of aliphatic carboxylic acids is 1. The fraction of sp³-hybridized carbons (Fsp3) is 0.529. The molecule has 0 radical (unpaired) electrons. The number of nitrogens with zero attached hydrogens (tertiary/aromatic N) is 1. The Morgan fingerprint density at radius 2 is 1.78 bits per heavy atom. The molecule has 0 bridgehead atoms. The first kappa shape index (κ1) is 19.0. The smallest absolute Gasteiger partial charge is 0.312 e. The van der Waals surface area contributed by atoms with E-state index < -0.39 is 24.0 Å². The van der Waals surface area contributed by atoms with Gasteiger partial charge in [0, 0.05) is 0 Å². The summed E-state index contributed by atoms with van der Waals surface area (Å²) < 4.78 is 11.4. The number of carbonyl (C=O) groups is 2. The minimum absolute atomic E-state index is 0.188. The number of para-hydroxylation sites is 1. The van der Waals surface area contributed by atoms with Crippen molar-refractivity contribution in [2.24, 2.45) is 5.92 Å². The van der Waals surface area contributed by atoms with Gasteiger partial charge in [0.05, 0.1) is 33.5 Å². The van der Waals surface area contributed by atoms with E-state index in [-0.39, 0.29) is 13.0 Å². The van der Waals surface area contributed by atoms with Crippen molar-refractivity contribution < 1.29 is 28.7 Å². The fourth-order valence-electron chi connectivity index (χ4n) is 2.04. The van der Waals surface area contributed by atoms with Crippen LogP contribution in [0.15, 0.2) is 30.3 Å². The van der Waals surface area contributed by atoms with Crippen molar-refractivity contribution in [3.05, 3.63) is 30.3 Å². The van der Waals surface area contributed by atoms with E-state index in [4.69, 9.17) is 14.6 Å². The van der Waals surface area contributed by atoms with Crippen molar-refractivity contribution in [2.45, 2.75) is 19.4 Å². The Balaban J connectivity index is 2.53. The predicted octanol–water partition coefficient (Wildman–Crippen LogP) is 1.79. The Bertz CT molecular complexity index is 509. The van der Waals surface area contributed by atoms with Crippen LogP contribution in [-0.2, 0) is 14.3 Å². The molecule has 128 valence electrons. The van der Waals surface area contributed by atoms with E-state index in [0.29, 0.717) is 16.8 Å². The molecule has 0 heterocycles. The second-order valence-electron chi connectivity index (χ2n) is 6.65. The van der Waals surface area contributed by atoms with E-state index in [1.807, 2.05) is 51.5 Å². The molecule has 0 aliphatic rings. The quantitative estimate of drug-likeness (QED) is 0.554. The number of likely N-dealkylation sites (N-methyl/N-ethyl adjacent to an activating group) is 1. The summed E-state index contributed by atoms with van der Waals surface area (Å²) in [4.78, 5) is 23.1. The number of carboxylic acid groups (broad SMARTS) is 1. The standard InChI is InChI=1S/C17H25NO5/c1-13(12-22-14-8-6-5-7-9-14)17(21)23-15(10-16(19)20)11-18(2,3)4/h5-9,13,15H,10-12H2,1-4H3/p+1. The van der Waals surface area contributed by atoms with Crippen LogP contribution >= 0.6 is 0 Å². The molecular formula is C17H26NO5+. The van der Waals surface area contributed by atoms with Gasteiger partial charge in [-0.1, -0.05) is 18.2 Å². The summed E-state index contributed by atoms with van der Waals surface area (Å²) in [5.41, 5.74) is 0. The summed E-state index contributed by atoms with van der Waals surface area (Å²) in [6, 6.07) is 9.20. The molecule has 2 atom stereocenters. The Labute approximate surface area is 137 Å². The molecule has 1 aromatic carbocycles. The van der Waals surface area contributed by atoms with Crippen LogP contribution < -0.4 is 4.74 Å². The first-order valence-corrected chi connectivity index (χ1v) is 7.58. The molecule has 1 rings (SSSR count). The van der Waals surface area contributed by atoms with Gasteiger partial charge in [0.1, 0.15) is 18.9 Å². The van der Waals surface area contributed by atoms with Crippen molar-refractivity contribution >= 4 is 11.9 Å². The minimum atomic E-state index is -0.982. The van der Waals surface area contributed by atoms with Crippen LogP contribution in [0.2, 0.25) is 0 Å². The van der Waals surface area contributed by atoms with Gasteiger partial charge in [-0.05, 0) is 19.1 Å². The SMILES string of the molecule is CC(COc1ccccc1)C(=O)OC(CC(=O)O)C[N+](C)(C)C. The number of quaternary nitrogens is 1. The average molecular weight is 324 g/mol. The third-order valence-corrected chi connectivity index (χ3v) is 3.08. The van der Waals surface area contributed by atoms with Gasteiger partial charge < -0.3 is 19.1 Å². The summed E-state index contributed by atoms with van der Waals surface area (Å²) in [5.74, 6) is -1.22. The molecule has 0 saturated heterocycles. The van der Waals surface area contributed by atoms with E-state index in [1.165, 1.54) is 0 Å². The third kappa shape index (κ3) is 8.21. The molecule has 0 aromatic heterocycles. The maximum absolute atomic E-state index is 12.1. The largest absolute Gasteiger partial charge is 0.493 e. The lowest BCUT2D eigenvalue weighted by atomic mass is 10.2. The number of hydrogen-bond acceptors (Lipinski definition) is 4. The molecule has 0 saturated carbocycles. The molecule has 0 aliphatic heterocycles. The van der Waals surface area contributed by atoms with E-state index in [9.17, 15) is 9.59 Å². The van der Waals surface area contributed by atoms with Gasteiger partial charge in [0.25, 0.3) is 0 Å². The zero-order valence-corrected chi connectivity index (χ0v) is 14.2. The van der Waals surface area contributed by atoms with E-state index >= 15 is 0 Å². The van der Waals surface area contributed by atoms with E-state index in [0.717, 1.165) is 0 Å². The van der Waals surface area contributed by atoms with Crippen LogP contribution in [0.4, 0.5) is 0 Å². The molecule has 1 aromatic rings. The van der Waals surface area contributed by atoms with Gasteiger partial charge >= 0.3 is 11.9 Å². The molecule has 0 amide bonds. The highest BCUT2D eigenvalue weighted by molar-refractivity contribution is 5.73. The molecule has 2 unspecified atom stereocenters. The summed E-state index contributed by atoms with van der Waals surface area (Å²) in [6.07, 6.45) is -0.854. The summed E-state index contributed by atoms with van der Waals surface area (Å²) in [6.45, 7) is 2.33. The second-order valence-corrected chi connectivity index (χ2v) is 6.65. The Kier molecular flexibility index (Phi) is 7.03. The third-order valence-electron chi connectivity index (χ3n) is 3.08. The molecule has 0 spiro atoms. The minimum Gasteiger partial charge on any atom is -0.493 e. The van der Waals surface area contributed by atoms with Gasteiger partial charge in [-0.2, -0.15) is 0 Å². The molecule has 0 aliphatic carbocycles. The van der Waals surface area contributed by atoms with Gasteiger partial charge in [0.2, 0.25) is 0 Å². The van der Waals surface area contributed by atoms with Crippen molar-refractivity contribution in [3.8, 4) is 5.75 Å². The zero-order chi connectivity index (χ0) is 17.5. The number of ether oxygens (including phenoxy) is 2. The van der Waals surface area contributed by atoms with Gasteiger partial charge in [-0.25, -0.2) is 0 Å². The highest BCUT2D eigenvalue weighted by Gasteiger charge is 2.27.